The molecule has 6 nitrogen and oxygen atoms in total. The van der Waals surface area contributed by atoms with Gasteiger partial charge in [0.1, 0.15) is 6.10 Å². The van der Waals surface area contributed by atoms with Gasteiger partial charge >= 0.3 is 0 Å². The summed E-state index contributed by atoms with van der Waals surface area (Å²) in [6.45, 7) is 11.8. The first kappa shape index (κ1) is 25.4. The molecule has 0 spiro atoms. The van der Waals surface area contributed by atoms with E-state index in [-0.39, 0.29) is 17.4 Å². The number of hydrogen-bond donors (Lipinski definition) is 1. The Labute approximate surface area is 234 Å². The van der Waals surface area contributed by atoms with Crippen molar-refractivity contribution in [2.75, 3.05) is 11.3 Å². The fraction of sp³-hybridized carbons (Fsp3) is 0.281. The zero-order valence-corrected chi connectivity index (χ0v) is 23.7. The third kappa shape index (κ3) is 4.99. The van der Waals surface area contributed by atoms with Crippen molar-refractivity contribution in [1.82, 2.24) is 14.9 Å². The van der Waals surface area contributed by atoms with Gasteiger partial charge in [0.25, 0.3) is 5.91 Å². The summed E-state index contributed by atoms with van der Waals surface area (Å²) in [5, 5.41) is 0. The van der Waals surface area contributed by atoms with Gasteiger partial charge in [-0.2, -0.15) is 4.98 Å². The molecule has 0 saturated heterocycles. The molecule has 198 valence electrons. The van der Waals surface area contributed by atoms with E-state index in [0.717, 1.165) is 38.4 Å². The van der Waals surface area contributed by atoms with Gasteiger partial charge in [0.15, 0.2) is 0 Å². The monoisotopic (exact) mass is 536 g/mol. The predicted octanol–water partition coefficient (Wildman–Crippen LogP) is 7.27. The molecule has 0 aliphatic carbocycles. The van der Waals surface area contributed by atoms with Gasteiger partial charge in [-0.15, -0.1) is 0 Å². The Morgan fingerprint density at radius 1 is 0.974 bits per heavy atom. The van der Waals surface area contributed by atoms with E-state index in [1.54, 1.807) is 0 Å². The molecular formula is C32H32N4O2S. The first-order valence-electron chi connectivity index (χ1n) is 13.2. The number of ether oxygens (including phenoxy) is 1. The lowest BCUT2D eigenvalue weighted by Crippen LogP contribution is -2.40. The normalized spacial score (nSPS) is 16.7. The molecule has 39 heavy (non-hydrogen) atoms. The molecule has 3 aromatic carbocycles. The van der Waals surface area contributed by atoms with Crippen LogP contribution in [0.15, 0.2) is 71.6 Å². The van der Waals surface area contributed by atoms with Crippen molar-refractivity contribution in [2.24, 2.45) is 0 Å². The SMILES string of the molecule is Cc1cccc(C)c1-c1cc2nc(n1)NSc1cccc(c1)C(=O)N1Cc3cc(C(C)(C)C)ccc3[C@@H](C1)O2. The molecule has 1 amide bonds. The van der Waals surface area contributed by atoms with Crippen molar-refractivity contribution < 1.29 is 9.53 Å². The summed E-state index contributed by atoms with van der Waals surface area (Å²) in [6.07, 6.45) is -0.364. The van der Waals surface area contributed by atoms with Crippen molar-refractivity contribution in [3.63, 3.8) is 0 Å². The molecule has 2 aliphatic heterocycles. The molecule has 0 fully saturated rings. The van der Waals surface area contributed by atoms with Gasteiger partial charge in [0.2, 0.25) is 11.8 Å². The molecule has 2 aliphatic rings. The highest BCUT2D eigenvalue weighted by Gasteiger charge is 2.32. The summed E-state index contributed by atoms with van der Waals surface area (Å²) >= 11 is 1.38. The number of aromatic nitrogens is 2. The van der Waals surface area contributed by atoms with Crippen LogP contribution in [0.2, 0.25) is 0 Å². The van der Waals surface area contributed by atoms with Crippen LogP contribution in [0.25, 0.3) is 11.3 Å². The van der Waals surface area contributed by atoms with E-state index in [9.17, 15) is 4.79 Å². The van der Waals surface area contributed by atoms with E-state index in [0.29, 0.717) is 30.5 Å². The highest BCUT2D eigenvalue weighted by molar-refractivity contribution is 8.00. The van der Waals surface area contributed by atoms with Crippen LogP contribution in [0, 0.1) is 13.8 Å². The number of nitrogens with zero attached hydrogens (tertiary/aromatic N) is 3. The molecular weight excluding hydrogens is 504 g/mol. The van der Waals surface area contributed by atoms with Crippen LogP contribution >= 0.6 is 11.9 Å². The highest BCUT2D eigenvalue weighted by atomic mass is 32.2. The van der Waals surface area contributed by atoms with Gasteiger partial charge in [-0.25, -0.2) is 4.98 Å². The summed E-state index contributed by atoms with van der Waals surface area (Å²) < 4.78 is 9.93. The largest absolute Gasteiger partial charge is 0.467 e. The predicted molar refractivity (Wildman–Crippen MR) is 156 cm³/mol. The van der Waals surface area contributed by atoms with E-state index < -0.39 is 0 Å². The maximum atomic E-state index is 13.7. The number of carbonyl (C=O) groups excluding carboxylic acids is 1. The summed E-state index contributed by atoms with van der Waals surface area (Å²) in [4.78, 5) is 26.1. The maximum absolute atomic E-state index is 13.7. The van der Waals surface area contributed by atoms with E-state index >= 15 is 0 Å². The van der Waals surface area contributed by atoms with E-state index in [2.05, 4.69) is 75.7 Å². The lowest BCUT2D eigenvalue weighted by Gasteiger charge is -2.35. The Morgan fingerprint density at radius 3 is 2.51 bits per heavy atom. The van der Waals surface area contributed by atoms with Crippen LogP contribution < -0.4 is 9.46 Å². The Bertz CT molecular complexity index is 1570. The highest BCUT2D eigenvalue weighted by Crippen LogP contribution is 2.37. The molecule has 4 aromatic rings. The summed E-state index contributed by atoms with van der Waals surface area (Å²) in [5.41, 5.74) is 8.22. The number of fused-ring (bicyclic) bond motifs is 8. The molecule has 6 bridgehead atoms. The minimum absolute atomic E-state index is 0.00446. The standard InChI is InChI=1S/C32H32N4O2S/c1-19-8-6-9-20(2)29(19)26-16-28-34-31(33-26)35-39-24-11-7-10-21(15-24)30(37)36-17-22-14-23(32(3,4)5)12-13-25(22)27(18-36)38-28/h6-16,27H,17-18H2,1-5H3,(H,33,34,35)/t27-/m1/s1. The third-order valence-corrected chi connectivity index (χ3v) is 8.21. The minimum atomic E-state index is -0.364. The first-order chi connectivity index (χ1) is 18.7. The Hall–Kier alpha value is -3.84. The number of rotatable bonds is 1. The van der Waals surface area contributed by atoms with Crippen molar-refractivity contribution in [2.45, 2.75) is 57.6 Å². The number of carbonyl (C=O) groups is 1. The van der Waals surface area contributed by atoms with Crippen molar-refractivity contribution in [3.8, 4) is 17.1 Å². The summed E-state index contributed by atoms with van der Waals surface area (Å²) in [7, 11) is 0. The van der Waals surface area contributed by atoms with Crippen molar-refractivity contribution in [3.05, 3.63) is 100 Å². The maximum Gasteiger partial charge on any atom is 0.254 e. The van der Waals surface area contributed by atoms with Gasteiger partial charge in [-0.3, -0.25) is 9.52 Å². The summed E-state index contributed by atoms with van der Waals surface area (Å²) in [6, 6.07) is 22.4. The van der Waals surface area contributed by atoms with Crippen LogP contribution in [-0.4, -0.2) is 27.3 Å². The Morgan fingerprint density at radius 2 is 1.74 bits per heavy atom. The van der Waals surface area contributed by atoms with Gasteiger partial charge in [0, 0.05) is 28.6 Å². The van der Waals surface area contributed by atoms with Gasteiger partial charge < -0.3 is 9.64 Å². The van der Waals surface area contributed by atoms with Crippen LogP contribution in [0.4, 0.5) is 5.95 Å². The molecule has 7 heteroatoms. The molecule has 1 atom stereocenters. The molecule has 6 rings (SSSR count). The second-order valence-corrected chi connectivity index (χ2v) is 12.2. The van der Waals surface area contributed by atoms with E-state index in [4.69, 9.17) is 14.7 Å². The lowest BCUT2D eigenvalue weighted by atomic mass is 9.83. The molecule has 3 heterocycles. The van der Waals surface area contributed by atoms with Gasteiger partial charge in [-0.05, 0) is 77.2 Å². The smallest absolute Gasteiger partial charge is 0.254 e. The van der Waals surface area contributed by atoms with Crippen LogP contribution in [-0.2, 0) is 12.0 Å². The zero-order chi connectivity index (χ0) is 27.3. The molecule has 1 N–H and O–H groups in total. The second kappa shape index (κ2) is 9.72. The quantitative estimate of drug-likeness (QED) is 0.258. The fourth-order valence-electron chi connectivity index (χ4n) is 5.35. The second-order valence-electron chi connectivity index (χ2n) is 11.4. The number of amides is 1. The van der Waals surface area contributed by atoms with Crippen molar-refractivity contribution in [1.29, 1.82) is 0 Å². The molecule has 0 radical (unpaired) electrons. The van der Waals surface area contributed by atoms with Crippen LogP contribution in [0.1, 0.15) is 65.1 Å². The average Bonchev–Trinajstić information content (AvgIpc) is 2.90. The molecule has 0 unspecified atom stereocenters. The Kier molecular flexibility index (Phi) is 6.34. The number of hydrogen-bond acceptors (Lipinski definition) is 6. The fourth-order valence-corrected chi connectivity index (χ4v) is 5.98. The van der Waals surface area contributed by atoms with E-state index in [1.807, 2.05) is 35.2 Å². The lowest BCUT2D eigenvalue weighted by molar-refractivity contribution is 0.0589. The van der Waals surface area contributed by atoms with Crippen molar-refractivity contribution >= 4 is 23.8 Å². The van der Waals surface area contributed by atoms with Crippen LogP contribution in [0.3, 0.4) is 0 Å². The summed E-state index contributed by atoms with van der Waals surface area (Å²) in [5.74, 6) is 0.926. The minimum Gasteiger partial charge on any atom is -0.467 e. The number of nitrogens with one attached hydrogen (secondary N) is 1. The number of aryl methyl sites for hydroxylation is 2. The zero-order valence-electron chi connectivity index (χ0n) is 22.9. The van der Waals surface area contributed by atoms with Crippen LogP contribution in [0.5, 0.6) is 5.88 Å². The topological polar surface area (TPSA) is 67.4 Å². The number of benzene rings is 3. The van der Waals surface area contributed by atoms with E-state index in [1.165, 1.54) is 17.5 Å². The van der Waals surface area contributed by atoms with Gasteiger partial charge in [-0.1, -0.05) is 63.2 Å². The average molecular weight is 537 g/mol. The third-order valence-electron chi connectivity index (χ3n) is 7.43. The number of anilines is 1. The molecule has 1 aromatic heterocycles. The van der Waals surface area contributed by atoms with Gasteiger partial charge in [0.05, 0.1) is 12.2 Å². The Balaban J connectivity index is 1.51. The molecule has 0 saturated carbocycles. The first-order valence-corrected chi connectivity index (χ1v) is 14.1.